The lowest BCUT2D eigenvalue weighted by molar-refractivity contribution is -0.0821. The molecule has 2 saturated carbocycles. The van der Waals surface area contributed by atoms with Crippen LogP contribution in [0.1, 0.15) is 58.3 Å². The van der Waals surface area contributed by atoms with E-state index >= 15 is 0 Å². The van der Waals surface area contributed by atoms with Crippen LogP contribution in [-0.4, -0.2) is 17.2 Å². The van der Waals surface area contributed by atoms with Crippen molar-refractivity contribution in [3.63, 3.8) is 0 Å². The van der Waals surface area contributed by atoms with Crippen LogP contribution in [0.4, 0.5) is 17.6 Å². The molecule has 2 rings (SSSR count). The van der Waals surface area contributed by atoms with Crippen LogP contribution in [0.15, 0.2) is 11.9 Å². The Bertz CT molecular complexity index is 361. The zero-order valence-electron chi connectivity index (χ0n) is 13.2. The normalized spacial score (nSPS) is 34.7. The van der Waals surface area contributed by atoms with E-state index < -0.39 is 17.9 Å². The second-order valence-electron chi connectivity index (χ2n) is 6.67. The fourth-order valence-corrected chi connectivity index (χ4v) is 5.18. The minimum Gasteiger partial charge on any atom is -0.212 e. The molecular weight excluding hydrogens is 312 g/mol. The van der Waals surface area contributed by atoms with E-state index in [1.807, 2.05) is 11.8 Å². The second-order valence-corrected chi connectivity index (χ2v) is 8.25. The first-order valence-electron chi connectivity index (χ1n) is 8.45. The van der Waals surface area contributed by atoms with Crippen molar-refractivity contribution < 1.29 is 17.6 Å². The molecule has 0 atom stereocenters. The van der Waals surface area contributed by atoms with Crippen molar-refractivity contribution in [2.24, 2.45) is 17.8 Å². The molecule has 0 saturated heterocycles. The Morgan fingerprint density at radius 3 is 1.91 bits per heavy atom. The molecule has 0 aromatic carbocycles. The zero-order valence-corrected chi connectivity index (χ0v) is 14.0. The highest BCUT2D eigenvalue weighted by Crippen LogP contribution is 2.43. The van der Waals surface area contributed by atoms with Crippen molar-refractivity contribution >= 4 is 11.8 Å². The van der Waals surface area contributed by atoms with E-state index in [4.69, 9.17) is 0 Å². The standard InChI is InChI=1S/C17H26F4S/c1-2-22-15-9-7-13(8-10-15)12-3-5-14(6-4-12)16(18)11-17(19,20)21/h11-15H,2-10H2,1H3/b16-11-. The number of allylic oxidation sites excluding steroid dienone is 2. The molecule has 0 aromatic heterocycles. The molecule has 2 aliphatic carbocycles. The third kappa shape index (κ3) is 5.47. The molecule has 0 bridgehead atoms. The van der Waals surface area contributed by atoms with Gasteiger partial charge >= 0.3 is 6.18 Å². The molecule has 0 N–H and O–H groups in total. The summed E-state index contributed by atoms with van der Waals surface area (Å²) in [6.45, 7) is 2.20. The first-order valence-corrected chi connectivity index (χ1v) is 9.50. The topological polar surface area (TPSA) is 0 Å². The Morgan fingerprint density at radius 2 is 1.45 bits per heavy atom. The van der Waals surface area contributed by atoms with E-state index in [-0.39, 0.29) is 6.08 Å². The number of hydrogen-bond acceptors (Lipinski definition) is 1. The van der Waals surface area contributed by atoms with Gasteiger partial charge in [-0.3, -0.25) is 0 Å². The maximum atomic E-state index is 13.6. The van der Waals surface area contributed by atoms with Crippen LogP contribution in [0.2, 0.25) is 0 Å². The smallest absolute Gasteiger partial charge is 0.212 e. The largest absolute Gasteiger partial charge is 0.412 e. The molecule has 2 aliphatic rings. The number of hydrogen-bond donors (Lipinski definition) is 0. The van der Waals surface area contributed by atoms with Crippen molar-refractivity contribution in [3.8, 4) is 0 Å². The third-order valence-electron chi connectivity index (χ3n) is 5.25. The summed E-state index contributed by atoms with van der Waals surface area (Å²) in [7, 11) is 0. The lowest BCUT2D eigenvalue weighted by atomic mass is 9.71. The van der Waals surface area contributed by atoms with Crippen LogP contribution in [0.3, 0.4) is 0 Å². The van der Waals surface area contributed by atoms with Gasteiger partial charge in [0.1, 0.15) is 5.83 Å². The third-order valence-corrected chi connectivity index (χ3v) is 6.53. The van der Waals surface area contributed by atoms with Gasteiger partial charge in [0.2, 0.25) is 0 Å². The van der Waals surface area contributed by atoms with Crippen molar-refractivity contribution in [1.29, 1.82) is 0 Å². The molecule has 0 nitrogen and oxygen atoms in total. The highest BCUT2D eigenvalue weighted by atomic mass is 32.2. The van der Waals surface area contributed by atoms with Crippen molar-refractivity contribution in [2.45, 2.75) is 69.7 Å². The molecule has 0 aliphatic heterocycles. The molecule has 0 heterocycles. The quantitative estimate of drug-likeness (QED) is 0.526. The van der Waals surface area contributed by atoms with E-state index in [9.17, 15) is 17.6 Å². The maximum Gasteiger partial charge on any atom is 0.412 e. The molecule has 0 radical (unpaired) electrons. The lowest BCUT2D eigenvalue weighted by Gasteiger charge is -2.37. The van der Waals surface area contributed by atoms with Crippen LogP contribution in [-0.2, 0) is 0 Å². The molecule has 5 heteroatoms. The van der Waals surface area contributed by atoms with Gasteiger partial charge in [-0.05, 0) is 69.0 Å². The number of rotatable bonds is 4. The maximum absolute atomic E-state index is 13.6. The van der Waals surface area contributed by atoms with Gasteiger partial charge in [0.15, 0.2) is 0 Å². The van der Waals surface area contributed by atoms with Crippen LogP contribution in [0.5, 0.6) is 0 Å². The Morgan fingerprint density at radius 1 is 0.955 bits per heavy atom. The average Bonchev–Trinajstić information content (AvgIpc) is 2.47. The van der Waals surface area contributed by atoms with E-state index in [1.165, 1.54) is 31.4 Å². The predicted octanol–water partition coefficient (Wildman–Crippen LogP) is 6.52. The first-order chi connectivity index (χ1) is 10.4. The highest BCUT2D eigenvalue weighted by Gasteiger charge is 2.33. The summed E-state index contributed by atoms with van der Waals surface area (Å²) in [4.78, 5) is 0. The molecule has 0 amide bonds. The van der Waals surface area contributed by atoms with Gasteiger partial charge in [-0.1, -0.05) is 6.92 Å². The Kier molecular flexibility index (Phi) is 6.66. The molecule has 0 spiro atoms. The summed E-state index contributed by atoms with van der Waals surface area (Å²) >= 11 is 2.05. The van der Waals surface area contributed by atoms with Crippen molar-refractivity contribution in [3.05, 3.63) is 11.9 Å². The summed E-state index contributed by atoms with van der Waals surface area (Å²) in [5.74, 6) is 1.01. The second kappa shape index (κ2) is 8.07. The van der Waals surface area contributed by atoms with E-state index in [0.717, 1.165) is 18.1 Å². The zero-order chi connectivity index (χ0) is 16.2. The Labute approximate surface area is 135 Å². The fraction of sp³-hybridized carbons (Fsp3) is 0.882. The summed E-state index contributed by atoms with van der Waals surface area (Å²) in [5, 5.41) is 0.796. The number of alkyl halides is 3. The first kappa shape index (κ1) is 18.2. The van der Waals surface area contributed by atoms with Crippen molar-refractivity contribution in [1.82, 2.24) is 0 Å². The van der Waals surface area contributed by atoms with Crippen LogP contribution in [0.25, 0.3) is 0 Å². The van der Waals surface area contributed by atoms with Crippen molar-refractivity contribution in [2.75, 3.05) is 5.75 Å². The number of thioether (sulfide) groups is 1. The van der Waals surface area contributed by atoms with Gasteiger partial charge < -0.3 is 0 Å². The van der Waals surface area contributed by atoms with Gasteiger partial charge in [-0.25, -0.2) is 4.39 Å². The summed E-state index contributed by atoms with van der Waals surface area (Å²) in [6, 6.07) is 0. The highest BCUT2D eigenvalue weighted by molar-refractivity contribution is 7.99. The number of halogens is 4. The Balaban J connectivity index is 1.77. The molecule has 0 aromatic rings. The molecule has 128 valence electrons. The minimum absolute atomic E-state index is 0.148. The van der Waals surface area contributed by atoms with Gasteiger partial charge in [-0.15, -0.1) is 0 Å². The van der Waals surface area contributed by atoms with Gasteiger partial charge in [0.05, 0.1) is 6.08 Å². The Hall–Kier alpha value is -0.190. The van der Waals surface area contributed by atoms with Crippen LogP contribution >= 0.6 is 11.8 Å². The van der Waals surface area contributed by atoms with Gasteiger partial charge in [-0.2, -0.15) is 24.9 Å². The summed E-state index contributed by atoms with van der Waals surface area (Å²) in [5.41, 5.74) is 0. The fourth-order valence-electron chi connectivity index (χ4n) is 4.10. The SMILES string of the molecule is CCSC1CCC(C2CCC(/C(F)=C/C(F)(F)F)CC2)CC1. The van der Waals surface area contributed by atoms with Gasteiger partial charge in [0, 0.05) is 11.2 Å². The summed E-state index contributed by atoms with van der Waals surface area (Å²) < 4.78 is 50.3. The van der Waals surface area contributed by atoms with Gasteiger partial charge in [0.25, 0.3) is 0 Å². The lowest BCUT2D eigenvalue weighted by Crippen LogP contribution is -2.27. The average molecular weight is 338 g/mol. The van der Waals surface area contributed by atoms with Crippen LogP contribution < -0.4 is 0 Å². The van der Waals surface area contributed by atoms with E-state index in [1.54, 1.807) is 0 Å². The summed E-state index contributed by atoms with van der Waals surface area (Å²) in [6.07, 6.45) is 3.28. The monoisotopic (exact) mass is 338 g/mol. The minimum atomic E-state index is -4.53. The van der Waals surface area contributed by atoms with Crippen LogP contribution in [0, 0.1) is 17.8 Å². The molecule has 22 heavy (non-hydrogen) atoms. The van der Waals surface area contributed by atoms with E-state index in [2.05, 4.69) is 6.92 Å². The van der Waals surface area contributed by atoms with E-state index in [0.29, 0.717) is 24.7 Å². The molecular formula is C17H26F4S. The molecule has 2 fully saturated rings. The molecule has 0 unspecified atom stereocenters. The predicted molar refractivity (Wildman–Crippen MR) is 84.6 cm³/mol.